The van der Waals surface area contributed by atoms with E-state index in [1.165, 1.54) is 0 Å². The quantitative estimate of drug-likeness (QED) is 0.730. The van der Waals surface area contributed by atoms with E-state index in [1.54, 1.807) is 6.20 Å². The Morgan fingerprint density at radius 2 is 1.93 bits per heavy atom. The Kier molecular flexibility index (Phi) is 6.49. The number of hydrogen-bond acceptors (Lipinski definition) is 3. The van der Waals surface area contributed by atoms with Gasteiger partial charge >= 0.3 is 0 Å². The number of amides is 1. The number of aromatic nitrogens is 2. The zero-order valence-corrected chi connectivity index (χ0v) is 16.7. The number of carbonyl (C=O) groups excluding carboxylic acids is 1. The van der Waals surface area contributed by atoms with Crippen LogP contribution in [-0.4, -0.2) is 46.8 Å². The van der Waals surface area contributed by atoms with E-state index in [4.69, 9.17) is 0 Å². The minimum absolute atomic E-state index is 0. The molecule has 0 spiro atoms. The molecule has 1 saturated heterocycles. The highest BCUT2D eigenvalue weighted by Crippen LogP contribution is 2.23. The van der Waals surface area contributed by atoms with Crippen molar-refractivity contribution in [1.82, 2.24) is 20.0 Å². The summed E-state index contributed by atoms with van der Waals surface area (Å²) in [6.45, 7) is 1.58. The maximum absolute atomic E-state index is 13.0. The van der Waals surface area contributed by atoms with Gasteiger partial charge in [0.15, 0.2) is 0 Å². The van der Waals surface area contributed by atoms with Crippen LogP contribution in [0.1, 0.15) is 23.2 Å². The highest BCUT2D eigenvalue weighted by molar-refractivity contribution is 5.95. The molecular weight excluding hydrogens is 372 g/mol. The number of nitrogens with one attached hydrogen (secondary N) is 1. The predicted octanol–water partition coefficient (Wildman–Crippen LogP) is 3.79. The summed E-state index contributed by atoms with van der Waals surface area (Å²) in [7, 11) is 1.96. The number of nitrogens with zero attached hydrogens (tertiary/aromatic N) is 3. The zero-order chi connectivity index (χ0) is 18.6. The fourth-order valence-corrected chi connectivity index (χ4v) is 3.69. The number of hydrogen-bond donors (Lipinski definition) is 1. The lowest BCUT2D eigenvalue weighted by Gasteiger charge is -2.32. The van der Waals surface area contributed by atoms with Gasteiger partial charge in [0.2, 0.25) is 0 Å². The second kappa shape index (κ2) is 9.04. The third-order valence-corrected chi connectivity index (χ3v) is 5.17. The molecule has 2 heterocycles. The Morgan fingerprint density at radius 1 is 1.11 bits per heavy atom. The van der Waals surface area contributed by atoms with Crippen LogP contribution in [0.3, 0.4) is 0 Å². The molecule has 0 radical (unpaired) electrons. The van der Waals surface area contributed by atoms with Gasteiger partial charge in [0.25, 0.3) is 5.91 Å². The van der Waals surface area contributed by atoms with E-state index < -0.39 is 0 Å². The third kappa shape index (κ3) is 4.11. The topological polar surface area (TPSA) is 50.2 Å². The summed E-state index contributed by atoms with van der Waals surface area (Å²) >= 11 is 0. The standard InChI is InChI=1S/C22H24N4O.ClH/c1-23-19-10-6-14-25(16-19)22(27)18-9-5-11-20(15-18)26-21(12-13-24-26)17-7-3-2-4-8-17;/h2-5,7-9,11-13,15,19,23H,6,10,14,16H2,1H3;1H. The van der Waals surface area contributed by atoms with E-state index in [0.717, 1.165) is 42.9 Å². The predicted molar refractivity (Wildman–Crippen MR) is 114 cm³/mol. The Balaban J connectivity index is 0.00000225. The van der Waals surface area contributed by atoms with E-state index >= 15 is 0 Å². The van der Waals surface area contributed by atoms with E-state index in [1.807, 2.05) is 65.2 Å². The molecule has 146 valence electrons. The van der Waals surface area contributed by atoms with E-state index in [-0.39, 0.29) is 18.3 Å². The second-order valence-corrected chi connectivity index (χ2v) is 6.92. The number of carbonyl (C=O) groups is 1. The highest BCUT2D eigenvalue weighted by atomic mass is 35.5. The fraction of sp³-hybridized carbons (Fsp3) is 0.273. The van der Waals surface area contributed by atoms with Crippen molar-refractivity contribution in [2.45, 2.75) is 18.9 Å². The molecule has 1 atom stereocenters. The molecule has 6 heteroatoms. The summed E-state index contributed by atoms with van der Waals surface area (Å²) in [6, 6.07) is 20.3. The van der Waals surface area contributed by atoms with Gasteiger partial charge in [0.05, 0.1) is 17.6 Å². The van der Waals surface area contributed by atoms with Gasteiger partial charge in [0, 0.05) is 30.3 Å². The number of rotatable bonds is 4. The van der Waals surface area contributed by atoms with E-state index in [2.05, 4.69) is 22.5 Å². The fourth-order valence-electron chi connectivity index (χ4n) is 3.69. The largest absolute Gasteiger partial charge is 0.337 e. The zero-order valence-electron chi connectivity index (χ0n) is 15.9. The van der Waals surface area contributed by atoms with Crippen LogP contribution in [0.25, 0.3) is 16.9 Å². The smallest absolute Gasteiger partial charge is 0.253 e. The molecular formula is C22H25ClN4O. The number of likely N-dealkylation sites (N-methyl/N-ethyl adjacent to an activating group) is 1. The van der Waals surface area contributed by atoms with Crippen molar-refractivity contribution in [2.24, 2.45) is 0 Å². The lowest BCUT2D eigenvalue weighted by molar-refractivity contribution is 0.0698. The molecule has 1 N–H and O–H groups in total. The van der Waals surface area contributed by atoms with E-state index in [0.29, 0.717) is 11.6 Å². The second-order valence-electron chi connectivity index (χ2n) is 6.92. The molecule has 4 rings (SSSR count). The Hall–Kier alpha value is -2.63. The van der Waals surface area contributed by atoms with Crippen molar-refractivity contribution in [3.05, 3.63) is 72.4 Å². The van der Waals surface area contributed by atoms with Crippen molar-refractivity contribution in [3.63, 3.8) is 0 Å². The molecule has 1 amide bonds. The van der Waals surface area contributed by atoms with Crippen molar-refractivity contribution < 1.29 is 4.79 Å². The normalized spacial score (nSPS) is 16.5. The van der Waals surface area contributed by atoms with Crippen LogP contribution < -0.4 is 5.32 Å². The van der Waals surface area contributed by atoms with Crippen molar-refractivity contribution >= 4 is 18.3 Å². The Morgan fingerprint density at radius 3 is 2.71 bits per heavy atom. The molecule has 1 unspecified atom stereocenters. The first-order chi connectivity index (χ1) is 13.3. The van der Waals surface area contributed by atoms with Crippen LogP contribution >= 0.6 is 12.4 Å². The van der Waals surface area contributed by atoms with Crippen LogP contribution in [0.4, 0.5) is 0 Å². The SMILES string of the molecule is CNC1CCCN(C(=O)c2cccc(-n3nccc3-c3ccccc3)c2)C1.Cl. The summed E-state index contributed by atoms with van der Waals surface area (Å²) in [5.74, 6) is 0.0882. The van der Waals surface area contributed by atoms with Crippen molar-refractivity contribution in [3.8, 4) is 16.9 Å². The van der Waals surface area contributed by atoms with E-state index in [9.17, 15) is 4.79 Å². The van der Waals surface area contributed by atoms with Gasteiger partial charge in [-0.3, -0.25) is 4.79 Å². The van der Waals surface area contributed by atoms with Gasteiger partial charge < -0.3 is 10.2 Å². The van der Waals surface area contributed by atoms with Gasteiger partial charge in [0.1, 0.15) is 0 Å². The summed E-state index contributed by atoms with van der Waals surface area (Å²) in [6.07, 6.45) is 3.95. The van der Waals surface area contributed by atoms with Gasteiger partial charge in [-0.15, -0.1) is 12.4 Å². The first kappa shape index (κ1) is 20.1. The van der Waals surface area contributed by atoms with Crippen LogP contribution in [-0.2, 0) is 0 Å². The molecule has 1 aromatic heterocycles. The number of piperidine rings is 1. The lowest BCUT2D eigenvalue weighted by Crippen LogP contribution is -2.46. The maximum atomic E-state index is 13.0. The molecule has 1 aliphatic rings. The first-order valence-electron chi connectivity index (χ1n) is 9.42. The highest BCUT2D eigenvalue weighted by Gasteiger charge is 2.23. The summed E-state index contributed by atoms with van der Waals surface area (Å²) < 4.78 is 1.89. The minimum Gasteiger partial charge on any atom is -0.337 e. The molecule has 0 saturated carbocycles. The van der Waals surface area contributed by atoms with Crippen LogP contribution in [0.2, 0.25) is 0 Å². The minimum atomic E-state index is 0. The van der Waals surface area contributed by atoms with Crippen LogP contribution in [0.5, 0.6) is 0 Å². The number of benzene rings is 2. The monoisotopic (exact) mass is 396 g/mol. The lowest BCUT2D eigenvalue weighted by atomic mass is 10.0. The average molecular weight is 397 g/mol. The molecule has 2 aromatic carbocycles. The summed E-state index contributed by atoms with van der Waals surface area (Å²) in [5, 5.41) is 7.77. The molecule has 5 nitrogen and oxygen atoms in total. The molecule has 0 bridgehead atoms. The van der Waals surface area contributed by atoms with Crippen LogP contribution in [0, 0.1) is 0 Å². The average Bonchev–Trinajstić information content (AvgIpc) is 3.24. The molecule has 1 fully saturated rings. The van der Waals surface area contributed by atoms with Crippen molar-refractivity contribution in [1.29, 1.82) is 0 Å². The molecule has 1 aliphatic heterocycles. The number of likely N-dealkylation sites (tertiary alicyclic amines) is 1. The maximum Gasteiger partial charge on any atom is 0.253 e. The molecule has 28 heavy (non-hydrogen) atoms. The number of halogens is 1. The Bertz CT molecular complexity index is 925. The van der Waals surface area contributed by atoms with Crippen LogP contribution in [0.15, 0.2) is 66.9 Å². The van der Waals surface area contributed by atoms with Gasteiger partial charge in [-0.05, 0) is 44.2 Å². The summed E-state index contributed by atoms with van der Waals surface area (Å²) in [5.41, 5.74) is 3.71. The Labute approximate surface area is 171 Å². The first-order valence-corrected chi connectivity index (χ1v) is 9.42. The molecule has 3 aromatic rings. The molecule has 0 aliphatic carbocycles. The van der Waals surface area contributed by atoms with Gasteiger partial charge in [-0.1, -0.05) is 36.4 Å². The van der Waals surface area contributed by atoms with Crippen molar-refractivity contribution in [2.75, 3.05) is 20.1 Å². The summed E-state index contributed by atoms with van der Waals surface area (Å²) in [4.78, 5) is 15.0. The third-order valence-electron chi connectivity index (χ3n) is 5.17. The van der Waals surface area contributed by atoms with Gasteiger partial charge in [-0.2, -0.15) is 5.10 Å². The van der Waals surface area contributed by atoms with Gasteiger partial charge in [-0.25, -0.2) is 4.68 Å².